The maximum Gasteiger partial charge on any atom is 0.147 e. The van der Waals surface area contributed by atoms with E-state index in [0.717, 1.165) is 84.3 Å². The molecule has 0 aliphatic carbocycles. The average Bonchev–Trinajstić information content (AvgIpc) is 3.90. The van der Waals surface area contributed by atoms with Gasteiger partial charge in [-0.3, -0.25) is 13.7 Å². The Kier molecular flexibility index (Phi) is 6.70. The van der Waals surface area contributed by atoms with E-state index in [1.54, 1.807) is 0 Å². The summed E-state index contributed by atoms with van der Waals surface area (Å²) in [5, 5.41) is 0. The van der Waals surface area contributed by atoms with Gasteiger partial charge in [0.1, 0.15) is 17.5 Å². The molecule has 0 aliphatic heterocycles. The molecule has 0 atom stereocenters. The Labute approximate surface area is 294 Å². The van der Waals surface area contributed by atoms with E-state index in [0.29, 0.717) is 0 Å². The van der Waals surface area contributed by atoms with Crippen molar-refractivity contribution in [3.05, 3.63) is 182 Å². The van der Waals surface area contributed by atoms with E-state index < -0.39 is 0 Å². The maximum atomic E-state index is 5.43. The van der Waals surface area contributed by atoms with Crippen LogP contribution in [-0.2, 0) is 0 Å². The summed E-state index contributed by atoms with van der Waals surface area (Å²) in [4.78, 5) is 16.2. The van der Waals surface area contributed by atoms with Crippen LogP contribution in [0, 0.1) is 0 Å². The summed E-state index contributed by atoms with van der Waals surface area (Å²) in [5.74, 6) is 2.47. The lowest BCUT2D eigenvalue weighted by Crippen LogP contribution is -2.05. The van der Waals surface area contributed by atoms with E-state index in [1.165, 1.54) is 0 Å². The molecule has 0 saturated heterocycles. The molecule has 10 aromatic rings. The van der Waals surface area contributed by atoms with Gasteiger partial charge < -0.3 is 0 Å². The second kappa shape index (κ2) is 11.8. The Hall–Kier alpha value is -7.05. The van der Waals surface area contributed by atoms with Crippen molar-refractivity contribution in [3.63, 3.8) is 0 Å². The van der Waals surface area contributed by atoms with Gasteiger partial charge in [-0.05, 0) is 72.8 Å². The van der Waals surface area contributed by atoms with Gasteiger partial charge in [-0.25, -0.2) is 15.0 Å². The smallest absolute Gasteiger partial charge is 0.147 e. The molecule has 0 radical (unpaired) electrons. The largest absolute Gasteiger partial charge is 0.292 e. The van der Waals surface area contributed by atoms with E-state index >= 15 is 0 Å². The fourth-order valence-corrected chi connectivity index (χ4v) is 7.29. The summed E-state index contributed by atoms with van der Waals surface area (Å²) in [5.41, 5.74) is 11.8. The third kappa shape index (κ3) is 4.69. The lowest BCUT2D eigenvalue weighted by Gasteiger charge is -2.19. The Morgan fingerprint density at radius 3 is 0.980 bits per heavy atom. The quantitative estimate of drug-likeness (QED) is 0.179. The van der Waals surface area contributed by atoms with Crippen LogP contribution in [0.15, 0.2) is 182 Å². The van der Waals surface area contributed by atoms with Crippen LogP contribution in [0.1, 0.15) is 0 Å². The number of hydrogen-bond acceptors (Lipinski definition) is 3. The monoisotopic (exact) mass is 654 g/mol. The molecule has 0 unspecified atom stereocenters. The first kappa shape index (κ1) is 28.9. The van der Waals surface area contributed by atoms with Crippen molar-refractivity contribution in [3.8, 4) is 51.2 Å². The predicted molar refractivity (Wildman–Crippen MR) is 207 cm³/mol. The summed E-state index contributed by atoms with van der Waals surface area (Å²) in [6, 6.07) is 62.8. The number of aromatic nitrogens is 6. The van der Waals surface area contributed by atoms with Gasteiger partial charge in [0.05, 0.1) is 33.1 Å². The van der Waals surface area contributed by atoms with E-state index in [9.17, 15) is 0 Å². The minimum atomic E-state index is 0.811. The van der Waals surface area contributed by atoms with Crippen LogP contribution in [0.4, 0.5) is 0 Å². The van der Waals surface area contributed by atoms with Crippen LogP contribution in [0.2, 0.25) is 0 Å². The average molecular weight is 655 g/mol. The first-order valence-electron chi connectivity index (χ1n) is 17.1. The molecule has 0 aliphatic rings. The fraction of sp³-hybridized carbons (Fsp3) is 0. The van der Waals surface area contributed by atoms with Crippen molar-refractivity contribution in [2.24, 2.45) is 0 Å². The zero-order valence-electron chi connectivity index (χ0n) is 27.5. The van der Waals surface area contributed by atoms with Crippen LogP contribution in [0.25, 0.3) is 84.3 Å². The summed E-state index contributed by atoms with van der Waals surface area (Å²) in [6.45, 7) is 0. The SMILES string of the molecule is c1ccc(-n2c(-c3cccc(-c4nc5ccccc5n4-c4ccccc4)c3-c3nc4ccccc4n3-c3ccccc3)nc3ccccc32)cc1. The minimum absolute atomic E-state index is 0.811. The van der Waals surface area contributed by atoms with Gasteiger partial charge in [0.15, 0.2) is 0 Å². The minimum Gasteiger partial charge on any atom is -0.292 e. The Balaban J connectivity index is 1.38. The second-order valence-corrected chi connectivity index (χ2v) is 12.5. The maximum absolute atomic E-state index is 5.43. The van der Waals surface area contributed by atoms with Crippen molar-refractivity contribution in [2.45, 2.75) is 0 Å². The van der Waals surface area contributed by atoms with Gasteiger partial charge >= 0.3 is 0 Å². The summed E-state index contributed by atoms with van der Waals surface area (Å²) in [7, 11) is 0. The summed E-state index contributed by atoms with van der Waals surface area (Å²) >= 11 is 0. The normalized spacial score (nSPS) is 11.5. The topological polar surface area (TPSA) is 53.5 Å². The van der Waals surface area contributed by atoms with E-state index in [1.807, 2.05) is 36.4 Å². The van der Waals surface area contributed by atoms with Gasteiger partial charge in [0.2, 0.25) is 0 Å². The zero-order valence-corrected chi connectivity index (χ0v) is 27.5. The molecule has 0 fully saturated rings. The van der Waals surface area contributed by atoms with Gasteiger partial charge in [-0.1, -0.05) is 109 Å². The Morgan fingerprint density at radius 1 is 0.275 bits per heavy atom. The molecule has 6 heteroatoms. The van der Waals surface area contributed by atoms with Crippen LogP contribution in [0.3, 0.4) is 0 Å². The van der Waals surface area contributed by atoms with Crippen LogP contribution < -0.4 is 0 Å². The standard InChI is InChI=1S/C45H30N6/c1-4-17-31(18-5-1)49-39-28-13-10-25-36(39)46-43(49)34-23-16-24-35(44-47-37-26-11-14-29-40(37)50(44)32-19-6-2-7-20-32)42(34)45-48-38-27-12-15-30-41(38)51(45)33-21-8-3-9-22-33/h1-30H. The highest BCUT2D eigenvalue weighted by Crippen LogP contribution is 2.44. The van der Waals surface area contributed by atoms with Gasteiger partial charge in [-0.2, -0.15) is 0 Å². The summed E-state index contributed by atoms with van der Waals surface area (Å²) < 4.78 is 6.78. The number of para-hydroxylation sites is 9. The molecule has 0 spiro atoms. The lowest BCUT2D eigenvalue weighted by atomic mass is 9.98. The molecule has 3 aromatic heterocycles. The molecule has 0 bridgehead atoms. The predicted octanol–water partition coefficient (Wildman–Crippen LogP) is 10.7. The first-order chi connectivity index (χ1) is 25.3. The number of benzene rings is 7. The third-order valence-corrected chi connectivity index (χ3v) is 9.50. The fourth-order valence-electron chi connectivity index (χ4n) is 7.29. The molecule has 0 amide bonds. The van der Waals surface area contributed by atoms with Crippen LogP contribution in [0.5, 0.6) is 0 Å². The molecular weight excluding hydrogens is 625 g/mol. The van der Waals surface area contributed by atoms with Crippen molar-refractivity contribution < 1.29 is 0 Å². The molecule has 0 N–H and O–H groups in total. The van der Waals surface area contributed by atoms with Crippen molar-refractivity contribution >= 4 is 33.1 Å². The molecule has 51 heavy (non-hydrogen) atoms. The highest BCUT2D eigenvalue weighted by Gasteiger charge is 2.27. The van der Waals surface area contributed by atoms with Gasteiger partial charge in [0, 0.05) is 33.8 Å². The lowest BCUT2D eigenvalue weighted by molar-refractivity contribution is 1.07. The Morgan fingerprint density at radius 2 is 0.588 bits per heavy atom. The molecule has 0 saturated carbocycles. The molecule has 240 valence electrons. The third-order valence-electron chi connectivity index (χ3n) is 9.50. The van der Waals surface area contributed by atoms with Crippen molar-refractivity contribution in [1.29, 1.82) is 0 Å². The van der Waals surface area contributed by atoms with Gasteiger partial charge in [0.25, 0.3) is 0 Å². The number of rotatable bonds is 6. The second-order valence-electron chi connectivity index (χ2n) is 12.5. The Bertz CT molecular complexity index is 2710. The number of fused-ring (bicyclic) bond motifs is 3. The van der Waals surface area contributed by atoms with Crippen molar-refractivity contribution in [2.75, 3.05) is 0 Å². The van der Waals surface area contributed by atoms with Crippen LogP contribution in [-0.4, -0.2) is 28.7 Å². The van der Waals surface area contributed by atoms with Crippen molar-refractivity contribution in [1.82, 2.24) is 28.7 Å². The summed E-state index contributed by atoms with van der Waals surface area (Å²) in [6.07, 6.45) is 0. The molecule has 3 heterocycles. The number of hydrogen-bond donors (Lipinski definition) is 0. The van der Waals surface area contributed by atoms with E-state index in [2.05, 4.69) is 159 Å². The molecule has 6 nitrogen and oxygen atoms in total. The molecule has 7 aromatic carbocycles. The highest BCUT2D eigenvalue weighted by atomic mass is 15.1. The van der Waals surface area contributed by atoms with Crippen LogP contribution >= 0.6 is 0 Å². The van der Waals surface area contributed by atoms with Gasteiger partial charge in [-0.15, -0.1) is 0 Å². The zero-order chi connectivity index (χ0) is 33.7. The van der Waals surface area contributed by atoms with E-state index in [-0.39, 0.29) is 0 Å². The number of imidazole rings is 3. The molecule has 10 rings (SSSR count). The van der Waals surface area contributed by atoms with E-state index in [4.69, 9.17) is 15.0 Å². The molecular formula is C45H30N6. The highest BCUT2D eigenvalue weighted by molar-refractivity contribution is 5.97. The number of nitrogens with zero attached hydrogens (tertiary/aromatic N) is 6. The first-order valence-corrected chi connectivity index (χ1v) is 17.1.